The second kappa shape index (κ2) is 8.20. The van der Waals surface area contributed by atoms with E-state index < -0.39 is 11.4 Å². The van der Waals surface area contributed by atoms with Gasteiger partial charge < -0.3 is 20.4 Å². The van der Waals surface area contributed by atoms with Gasteiger partial charge in [0.1, 0.15) is 0 Å². The third kappa shape index (κ3) is 4.13. The molecule has 1 atom stereocenters. The first kappa shape index (κ1) is 20.2. The normalized spacial score (nSPS) is 20.8. The van der Waals surface area contributed by atoms with E-state index in [0.29, 0.717) is 39.3 Å². The molecule has 0 aromatic heterocycles. The Kier molecular flexibility index (Phi) is 5.91. The zero-order chi connectivity index (χ0) is 20.3. The van der Waals surface area contributed by atoms with Gasteiger partial charge in [0, 0.05) is 39.3 Å². The lowest BCUT2D eigenvalue weighted by molar-refractivity contribution is -0.145. The number of primary amides is 1. The average Bonchev–Trinajstić information content (AvgIpc) is 2.73. The maximum Gasteiger partial charge on any atom is 0.314 e. The van der Waals surface area contributed by atoms with Crippen LogP contribution in [0, 0.1) is 5.92 Å². The van der Waals surface area contributed by atoms with E-state index in [9.17, 15) is 14.4 Å². The maximum atomic E-state index is 13.1. The van der Waals surface area contributed by atoms with Crippen LogP contribution in [0.5, 0.6) is 0 Å². The number of nitrogens with two attached hydrogens (primary N) is 1. The largest absolute Gasteiger partial charge is 0.351 e. The van der Waals surface area contributed by atoms with Crippen LogP contribution in [0.25, 0.3) is 0 Å². The third-order valence-corrected chi connectivity index (χ3v) is 5.99. The van der Waals surface area contributed by atoms with E-state index in [1.165, 1.54) is 0 Å². The number of nitrogens with zero attached hydrogens (tertiary/aromatic N) is 3. The highest BCUT2D eigenvalue weighted by atomic mass is 16.2. The highest BCUT2D eigenvalue weighted by Crippen LogP contribution is 2.26. The Morgan fingerprint density at radius 1 is 0.929 bits per heavy atom. The Morgan fingerprint density at radius 2 is 1.54 bits per heavy atom. The highest BCUT2D eigenvalue weighted by Gasteiger charge is 2.37. The van der Waals surface area contributed by atoms with Crippen molar-refractivity contribution in [2.45, 2.75) is 32.1 Å². The number of amides is 4. The van der Waals surface area contributed by atoms with Gasteiger partial charge in [-0.15, -0.1) is 0 Å². The van der Waals surface area contributed by atoms with E-state index in [1.54, 1.807) is 4.90 Å². The predicted molar refractivity (Wildman–Crippen MR) is 107 cm³/mol. The van der Waals surface area contributed by atoms with Gasteiger partial charge in [-0.1, -0.05) is 30.3 Å². The molecule has 3 rings (SSSR count). The Hall–Kier alpha value is -2.57. The van der Waals surface area contributed by atoms with Gasteiger partial charge in [-0.05, 0) is 32.3 Å². The SMILES string of the molecule is CC(C)(C(=O)N1CCN(C(=O)[C@H]2CCCN(C(N)=O)C2)CC1)c1ccccc1. The van der Waals surface area contributed by atoms with Crippen molar-refractivity contribution < 1.29 is 14.4 Å². The molecule has 0 unspecified atom stereocenters. The van der Waals surface area contributed by atoms with Crippen molar-refractivity contribution >= 4 is 17.8 Å². The first-order chi connectivity index (χ1) is 13.3. The van der Waals surface area contributed by atoms with E-state index in [4.69, 9.17) is 5.73 Å². The van der Waals surface area contributed by atoms with Crippen LogP contribution >= 0.6 is 0 Å². The summed E-state index contributed by atoms with van der Waals surface area (Å²) in [7, 11) is 0. The molecule has 4 amide bonds. The molecular weight excluding hydrogens is 356 g/mol. The number of hydrogen-bond donors (Lipinski definition) is 1. The van der Waals surface area contributed by atoms with Gasteiger partial charge in [-0.3, -0.25) is 9.59 Å². The van der Waals surface area contributed by atoms with Crippen molar-refractivity contribution in [1.82, 2.24) is 14.7 Å². The molecule has 0 radical (unpaired) electrons. The molecule has 2 aliphatic heterocycles. The van der Waals surface area contributed by atoms with Gasteiger partial charge in [-0.2, -0.15) is 0 Å². The van der Waals surface area contributed by atoms with Gasteiger partial charge in [-0.25, -0.2) is 4.79 Å². The lowest BCUT2D eigenvalue weighted by Gasteiger charge is -2.41. The Balaban J connectivity index is 1.57. The number of likely N-dealkylation sites (tertiary alicyclic amines) is 1. The fourth-order valence-corrected chi connectivity index (χ4v) is 4.14. The molecule has 0 aliphatic carbocycles. The molecule has 1 aromatic carbocycles. The second-order valence-electron chi connectivity index (χ2n) is 8.23. The fourth-order valence-electron chi connectivity index (χ4n) is 4.14. The summed E-state index contributed by atoms with van der Waals surface area (Å²) in [5.41, 5.74) is 5.76. The summed E-state index contributed by atoms with van der Waals surface area (Å²) in [4.78, 5) is 42.6. The van der Waals surface area contributed by atoms with Crippen LogP contribution in [0.3, 0.4) is 0 Å². The van der Waals surface area contributed by atoms with Gasteiger partial charge >= 0.3 is 6.03 Å². The summed E-state index contributed by atoms with van der Waals surface area (Å²) in [5.74, 6) is -0.0343. The van der Waals surface area contributed by atoms with Crippen molar-refractivity contribution in [3.8, 4) is 0 Å². The number of hydrogen-bond acceptors (Lipinski definition) is 3. The zero-order valence-electron chi connectivity index (χ0n) is 16.8. The summed E-state index contributed by atoms with van der Waals surface area (Å²) < 4.78 is 0. The average molecular weight is 386 g/mol. The quantitative estimate of drug-likeness (QED) is 0.852. The maximum absolute atomic E-state index is 13.1. The van der Waals surface area contributed by atoms with Crippen molar-refractivity contribution in [1.29, 1.82) is 0 Å². The first-order valence-corrected chi connectivity index (χ1v) is 9.99. The lowest BCUT2D eigenvalue weighted by Crippen LogP contribution is -2.56. The lowest BCUT2D eigenvalue weighted by atomic mass is 9.83. The van der Waals surface area contributed by atoms with Gasteiger partial charge in [0.05, 0.1) is 11.3 Å². The number of carbonyl (C=O) groups is 3. The molecule has 2 fully saturated rings. The smallest absolute Gasteiger partial charge is 0.314 e. The minimum atomic E-state index is -0.598. The van der Waals surface area contributed by atoms with E-state index in [2.05, 4.69) is 0 Å². The summed E-state index contributed by atoms with van der Waals surface area (Å²) in [6, 6.07) is 9.33. The summed E-state index contributed by atoms with van der Waals surface area (Å²) in [5, 5.41) is 0. The van der Waals surface area contributed by atoms with Crippen LogP contribution in [0.15, 0.2) is 30.3 Å². The first-order valence-electron chi connectivity index (χ1n) is 9.99. The summed E-state index contributed by atoms with van der Waals surface area (Å²) >= 11 is 0. The minimum Gasteiger partial charge on any atom is -0.351 e. The summed E-state index contributed by atoms with van der Waals surface area (Å²) in [6.07, 6.45) is 1.58. The third-order valence-electron chi connectivity index (χ3n) is 5.99. The topological polar surface area (TPSA) is 87.0 Å². The number of carbonyl (C=O) groups excluding carboxylic acids is 3. The van der Waals surface area contributed by atoms with Crippen LogP contribution in [0.4, 0.5) is 4.79 Å². The number of urea groups is 1. The molecule has 2 saturated heterocycles. The minimum absolute atomic E-state index is 0.0698. The molecule has 0 bridgehead atoms. The number of piperazine rings is 1. The van der Waals surface area contributed by atoms with Crippen LogP contribution in [-0.2, 0) is 15.0 Å². The van der Waals surface area contributed by atoms with E-state index in [0.717, 1.165) is 18.4 Å². The van der Waals surface area contributed by atoms with Gasteiger partial charge in [0.2, 0.25) is 11.8 Å². The van der Waals surface area contributed by atoms with Crippen molar-refractivity contribution in [3.63, 3.8) is 0 Å². The molecule has 2 N–H and O–H groups in total. The summed E-state index contributed by atoms with van der Waals surface area (Å²) in [6.45, 7) is 7.04. The monoisotopic (exact) mass is 386 g/mol. The Labute approximate surface area is 166 Å². The van der Waals surface area contributed by atoms with Gasteiger partial charge in [0.15, 0.2) is 0 Å². The van der Waals surface area contributed by atoms with Crippen LogP contribution < -0.4 is 5.73 Å². The molecule has 7 heteroatoms. The molecule has 1 aromatic rings. The van der Waals surface area contributed by atoms with E-state index in [1.807, 2.05) is 54.0 Å². The van der Waals surface area contributed by atoms with Crippen molar-refractivity contribution in [3.05, 3.63) is 35.9 Å². The molecule has 0 spiro atoms. The Morgan fingerprint density at radius 3 is 2.14 bits per heavy atom. The van der Waals surface area contributed by atoms with Crippen LogP contribution in [0.1, 0.15) is 32.3 Å². The molecule has 2 aliphatic rings. The van der Waals surface area contributed by atoms with Crippen LogP contribution in [-0.4, -0.2) is 71.8 Å². The molecule has 28 heavy (non-hydrogen) atoms. The number of rotatable bonds is 3. The van der Waals surface area contributed by atoms with Crippen molar-refractivity contribution in [2.24, 2.45) is 11.7 Å². The van der Waals surface area contributed by atoms with E-state index in [-0.39, 0.29) is 17.7 Å². The van der Waals surface area contributed by atoms with Crippen LogP contribution in [0.2, 0.25) is 0 Å². The molecule has 2 heterocycles. The molecule has 152 valence electrons. The highest BCUT2D eigenvalue weighted by molar-refractivity contribution is 5.88. The number of piperidine rings is 1. The van der Waals surface area contributed by atoms with Gasteiger partial charge in [0.25, 0.3) is 0 Å². The number of benzene rings is 1. The van der Waals surface area contributed by atoms with Crippen molar-refractivity contribution in [2.75, 3.05) is 39.3 Å². The predicted octanol–water partition coefficient (Wildman–Crippen LogP) is 1.43. The molecular formula is C21H30N4O3. The molecule has 0 saturated carbocycles. The standard InChI is InChI=1S/C21H30N4O3/c1-21(2,17-8-4-3-5-9-17)19(27)24-13-11-23(12-14-24)18(26)16-7-6-10-25(15-16)20(22)28/h3-5,8-9,16H,6-7,10-15H2,1-2H3,(H2,22,28)/t16-/m0/s1. The van der Waals surface area contributed by atoms with E-state index >= 15 is 0 Å². The fraction of sp³-hybridized carbons (Fsp3) is 0.571. The second-order valence-corrected chi connectivity index (χ2v) is 8.23. The zero-order valence-corrected chi connectivity index (χ0v) is 16.8. The molecule has 7 nitrogen and oxygen atoms in total. The Bertz CT molecular complexity index is 726.